The fourth-order valence-corrected chi connectivity index (χ4v) is 3.07. The van der Waals surface area contributed by atoms with Crippen LogP contribution < -0.4 is 10.2 Å². The Labute approximate surface area is 120 Å². The summed E-state index contributed by atoms with van der Waals surface area (Å²) in [7, 11) is 0. The first-order valence-corrected chi connectivity index (χ1v) is 7.57. The van der Waals surface area contributed by atoms with Crippen molar-refractivity contribution >= 4 is 21.6 Å². The lowest BCUT2D eigenvalue weighted by atomic mass is 10.1. The molecule has 1 N–H and O–H groups in total. The summed E-state index contributed by atoms with van der Waals surface area (Å²) >= 11 is 3.14. The summed E-state index contributed by atoms with van der Waals surface area (Å²) in [4.78, 5) is 2.04. The van der Waals surface area contributed by atoms with Crippen molar-refractivity contribution in [2.75, 3.05) is 24.5 Å². The summed E-state index contributed by atoms with van der Waals surface area (Å²) in [5, 5.41) is 3.54. The van der Waals surface area contributed by atoms with Crippen LogP contribution in [0.4, 0.5) is 14.5 Å². The standard InChI is InChI=1S/C14H17BrF2N2/c15-10-6-14(12(17)7-11(10)16)19-5-1-4-18-13(8-19)9-2-3-9/h6-7,9,13,18H,1-5,8H2. The Balaban J connectivity index is 1.84. The highest BCUT2D eigenvalue weighted by Gasteiger charge is 2.33. The molecule has 1 heterocycles. The van der Waals surface area contributed by atoms with Crippen molar-refractivity contribution in [3.63, 3.8) is 0 Å². The molecule has 5 heteroatoms. The molecule has 19 heavy (non-hydrogen) atoms. The largest absolute Gasteiger partial charge is 0.368 e. The van der Waals surface area contributed by atoms with Gasteiger partial charge in [0.15, 0.2) is 0 Å². The van der Waals surface area contributed by atoms with Crippen LogP contribution in [-0.2, 0) is 0 Å². The molecular formula is C14H17BrF2N2. The molecule has 1 saturated heterocycles. The third-order valence-electron chi connectivity index (χ3n) is 3.95. The molecule has 1 aromatic rings. The first-order valence-electron chi connectivity index (χ1n) is 6.78. The lowest BCUT2D eigenvalue weighted by Gasteiger charge is -2.27. The van der Waals surface area contributed by atoms with E-state index in [0.29, 0.717) is 16.2 Å². The highest BCUT2D eigenvalue weighted by Crippen LogP contribution is 2.35. The molecule has 0 spiro atoms. The van der Waals surface area contributed by atoms with E-state index in [1.165, 1.54) is 12.8 Å². The first-order chi connectivity index (χ1) is 9.15. The zero-order valence-corrected chi connectivity index (χ0v) is 12.2. The van der Waals surface area contributed by atoms with Gasteiger partial charge >= 0.3 is 0 Å². The van der Waals surface area contributed by atoms with Crippen molar-refractivity contribution in [1.82, 2.24) is 5.32 Å². The average Bonchev–Trinajstić information content (AvgIpc) is 3.18. The minimum Gasteiger partial charge on any atom is -0.368 e. The van der Waals surface area contributed by atoms with Crippen molar-refractivity contribution in [1.29, 1.82) is 0 Å². The maximum absolute atomic E-state index is 14.0. The van der Waals surface area contributed by atoms with Crippen LogP contribution in [-0.4, -0.2) is 25.7 Å². The van der Waals surface area contributed by atoms with E-state index in [9.17, 15) is 8.78 Å². The van der Waals surface area contributed by atoms with Crippen LogP contribution in [0.1, 0.15) is 19.3 Å². The van der Waals surface area contributed by atoms with E-state index in [1.807, 2.05) is 4.90 Å². The van der Waals surface area contributed by atoms with E-state index in [-0.39, 0.29) is 0 Å². The second kappa shape index (κ2) is 5.37. The molecule has 1 aliphatic heterocycles. The molecule has 2 aliphatic rings. The molecule has 0 amide bonds. The fraction of sp³-hybridized carbons (Fsp3) is 0.571. The molecule has 1 aliphatic carbocycles. The lowest BCUT2D eigenvalue weighted by Crippen LogP contribution is -2.39. The molecular weight excluding hydrogens is 314 g/mol. The Morgan fingerprint density at radius 1 is 1.21 bits per heavy atom. The second-order valence-corrected chi connectivity index (χ2v) is 6.27. The normalized spacial score (nSPS) is 24.4. The van der Waals surface area contributed by atoms with E-state index >= 15 is 0 Å². The van der Waals surface area contributed by atoms with Gasteiger partial charge in [0.1, 0.15) is 11.6 Å². The second-order valence-electron chi connectivity index (χ2n) is 5.42. The van der Waals surface area contributed by atoms with Gasteiger partial charge in [-0.3, -0.25) is 0 Å². The number of nitrogens with one attached hydrogen (secondary N) is 1. The van der Waals surface area contributed by atoms with Gasteiger partial charge in [-0.15, -0.1) is 0 Å². The summed E-state index contributed by atoms with van der Waals surface area (Å²) in [6, 6.07) is 2.95. The van der Waals surface area contributed by atoms with Crippen LogP contribution in [0, 0.1) is 17.6 Å². The van der Waals surface area contributed by atoms with Crippen LogP contribution in [0.25, 0.3) is 0 Å². The third kappa shape index (κ3) is 2.92. The Bertz CT molecular complexity index is 477. The van der Waals surface area contributed by atoms with Gasteiger partial charge in [0.25, 0.3) is 0 Å². The number of nitrogens with zero attached hydrogens (tertiary/aromatic N) is 1. The third-order valence-corrected chi connectivity index (χ3v) is 4.56. The van der Waals surface area contributed by atoms with Gasteiger partial charge in [-0.2, -0.15) is 0 Å². The maximum Gasteiger partial charge on any atom is 0.149 e. The molecule has 3 rings (SSSR count). The number of hydrogen-bond donors (Lipinski definition) is 1. The molecule has 2 nitrogen and oxygen atoms in total. The summed E-state index contributed by atoms with van der Waals surface area (Å²) in [5.41, 5.74) is 0.502. The highest BCUT2D eigenvalue weighted by atomic mass is 79.9. The number of halogens is 3. The van der Waals surface area contributed by atoms with E-state index in [2.05, 4.69) is 21.2 Å². The minimum absolute atomic E-state index is 0.323. The van der Waals surface area contributed by atoms with Gasteiger partial charge in [-0.05, 0) is 53.7 Å². The van der Waals surface area contributed by atoms with Crippen molar-refractivity contribution in [2.45, 2.75) is 25.3 Å². The van der Waals surface area contributed by atoms with Gasteiger partial charge in [0, 0.05) is 25.2 Å². The van der Waals surface area contributed by atoms with E-state index in [1.54, 1.807) is 6.07 Å². The van der Waals surface area contributed by atoms with Crippen LogP contribution >= 0.6 is 15.9 Å². The van der Waals surface area contributed by atoms with Crippen LogP contribution in [0.3, 0.4) is 0 Å². The van der Waals surface area contributed by atoms with Gasteiger partial charge in [-0.25, -0.2) is 8.78 Å². The van der Waals surface area contributed by atoms with Gasteiger partial charge < -0.3 is 10.2 Å². The highest BCUT2D eigenvalue weighted by molar-refractivity contribution is 9.10. The number of hydrogen-bond acceptors (Lipinski definition) is 2. The van der Waals surface area contributed by atoms with Crippen molar-refractivity contribution < 1.29 is 8.78 Å². The van der Waals surface area contributed by atoms with Crippen LogP contribution in [0.2, 0.25) is 0 Å². The molecule has 1 unspecified atom stereocenters. The summed E-state index contributed by atoms with van der Waals surface area (Å²) < 4.78 is 27.6. The smallest absolute Gasteiger partial charge is 0.149 e. The Hall–Kier alpha value is -0.680. The van der Waals surface area contributed by atoms with Gasteiger partial charge in [0.05, 0.1) is 10.2 Å². The average molecular weight is 331 g/mol. The predicted octanol–water partition coefficient (Wildman–Crippen LogP) is 3.31. The van der Waals surface area contributed by atoms with E-state index < -0.39 is 11.6 Å². The first kappa shape index (κ1) is 13.3. The van der Waals surface area contributed by atoms with Crippen molar-refractivity contribution in [2.24, 2.45) is 5.92 Å². The Morgan fingerprint density at radius 2 is 2.00 bits per heavy atom. The Kier molecular flexibility index (Phi) is 3.76. The number of rotatable bonds is 2. The molecule has 0 bridgehead atoms. The molecule has 104 valence electrons. The molecule has 0 radical (unpaired) electrons. The molecule has 2 fully saturated rings. The number of benzene rings is 1. The lowest BCUT2D eigenvalue weighted by molar-refractivity contribution is 0.487. The van der Waals surface area contributed by atoms with Gasteiger partial charge in [-0.1, -0.05) is 0 Å². The molecule has 1 saturated carbocycles. The number of anilines is 1. The monoisotopic (exact) mass is 330 g/mol. The quantitative estimate of drug-likeness (QED) is 0.837. The topological polar surface area (TPSA) is 15.3 Å². The summed E-state index contributed by atoms with van der Waals surface area (Å²) in [6.45, 7) is 2.59. The SMILES string of the molecule is Fc1cc(F)c(N2CCCNC(C3CC3)C2)cc1Br. The zero-order valence-electron chi connectivity index (χ0n) is 10.6. The van der Waals surface area contributed by atoms with Crippen molar-refractivity contribution in [3.8, 4) is 0 Å². The van der Waals surface area contributed by atoms with E-state index in [0.717, 1.165) is 38.0 Å². The van der Waals surface area contributed by atoms with Gasteiger partial charge in [0.2, 0.25) is 0 Å². The van der Waals surface area contributed by atoms with Crippen molar-refractivity contribution in [3.05, 3.63) is 28.2 Å². The minimum atomic E-state index is -0.548. The van der Waals surface area contributed by atoms with E-state index in [4.69, 9.17) is 0 Å². The van der Waals surface area contributed by atoms with Crippen LogP contribution in [0.15, 0.2) is 16.6 Å². The molecule has 1 aromatic carbocycles. The molecule has 1 atom stereocenters. The molecule has 0 aromatic heterocycles. The zero-order chi connectivity index (χ0) is 13.4. The maximum atomic E-state index is 14.0. The predicted molar refractivity (Wildman–Crippen MR) is 75.4 cm³/mol. The van der Waals surface area contributed by atoms with Crippen LogP contribution in [0.5, 0.6) is 0 Å². The fourth-order valence-electron chi connectivity index (χ4n) is 2.74. The summed E-state index contributed by atoms with van der Waals surface area (Å²) in [6.07, 6.45) is 3.51. The Morgan fingerprint density at radius 3 is 2.74 bits per heavy atom. The summed E-state index contributed by atoms with van der Waals surface area (Å²) in [5.74, 6) is -0.294.